The van der Waals surface area contributed by atoms with Crippen molar-refractivity contribution in [2.75, 3.05) is 51.6 Å². The standard InChI is InChI=1S/C14H21ClN4O2/c1-11-9-14(19(20)21)12(15)10-13(11)16-3-4-18-7-5-17(2)6-8-18/h9-10,16H,3-8H2,1-2H3. The molecule has 0 aromatic heterocycles. The van der Waals surface area contributed by atoms with Gasteiger partial charge in [-0.1, -0.05) is 11.6 Å². The number of halogens is 1. The topological polar surface area (TPSA) is 61.7 Å². The van der Waals surface area contributed by atoms with E-state index in [2.05, 4.69) is 22.2 Å². The van der Waals surface area contributed by atoms with Crippen molar-refractivity contribution in [2.24, 2.45) is 0 Å². The van der Waals surface area contributed by atoms with Crippen molar-refractivity contribution >= 4 is 23.0 Å². The van der Waals surface area contributed by atoms with Gasteiger partial charge < -0.3 is 10.2 Å². The Morgan fingerprint density at radius 1 is 1.33 bits per heavy atom. The number of hydrogen-bond acceptors (Lipinski definition) is 5. The molecule has 1 fully saturated rings. The highest BCUT2D eigenvalue weighted by Crippen LogP contribution is 2.30. The Morgan fingerprint density at radius 2 is 2.00 bits per heavy atom. The van der Waals surface area contributed by atoms with Crippen LogP contribution in [-0.4, -0.2) is 61.0 Å². The average Bonchev–Trinajstić information content (AvgIpc) is 2.44. The first kappa shape index (κ1) is 16.0. The van der Waals surface area contributed by atoms with Crippen molar-refractivity contribution in [3.63, 3.8) is 0 Å². The summed E-state index contributed by atoms with van der Waals surface area (Å²) in [6.45, 7) is 7.98. The molecule has 6 nitrogen and oxygen atoms in total. The number of anilines is 1. The Balaban J connectivity index is 1.88. The number of nitro groups is 1. The second kappa shape index (κ2) is 7.06. The van der Waals surface area contributed by atoms with E-state index in [1.807, 2.05) is 6.92 Å². The first-order valence-electron chi connectivity index (χ1n) is 7.06. The fraction of sp³-hybridized carbons (Fsp3) is 0.571. The van der Waals surface area contributed by atoms with E-state index in [4.69, 9.17) is 11.6 Å². The van der Waals surface area contributed by atoms with Crippen molar-refractivity contribution in [1.82, 2.24) is 9.80 Å². The lowest BCUT2D eigenvalue weighted by atomic mass is 10.1. The third kappa shape index (κ3) is 4.30. The number of hydrogen-bond donors (Lipinski definition) is 1. The zero-order valence-corrected chi connectivity index (χ0v) is 13.2. The Morgan fingerprint density at radius 3 is 2.62 bits per heavy atom. The fourth-order valence-corrected chi connectivity index (χ4v) is 2.65. The van der Waals surface area contributed by atoms with Gasteiger partial charge in [0.25, 0.3) is 5.69 Å². The lowest BCUT2D eigenvalue weighted by Gasteiger charge is -2.32. The third-order valence-corrected chi connectivity index (χ3v) is 4.13. The molecule has 1 saturated heterocycles. The number of likely N-dealkylation sites (N-methyl/N-ethyl adjacent to an activating group) is 1. The molecule has 1 aliphatic heterocycles. The summed E-state index contributed by atoms with van der Waals surface area (Å²) < 4.78 is 0. The van der Waals surface area contributed by atoms with Crippen molar-refractivity contribution in [2.45, 2.75) is 6.92 Å². The number of piperazine rings is 1. The van der Waals surface area contributed by atoms with Crippen molar-refractivity contribution in [3.05, 3.63) is 32.8 Å². The van der Waals surface area contributed by atoms with Crippen LogP contribution in [0.1, 0.15) is 5.56 Å². The summed E-state index contributed by atoms with van der Waals surface area (Å²) in [5, 5.41) is 14.3. The van der Waals surface area contributed by atoms with E-state index in [9.17, 15) is 10.1 Å². The molecule has 21 heavy (non-hydrogen) atoms. The van der Waals surface area contributed by atoms with E-state index < -0.39 is 4.92 Å². The molecule has 0 atom stereocenters. The minimum Gasteiger partial charge on any atom is -0.383 e. The first-order valence-corrected chi connectivity index (χ1v) is 7.44. The molecule has 0 bridgehead atoms. The van der Waals surface area contributed by atoms with Gasteiger partial charge in [0.15, 0.2) is 0 Å². The molecule has 1 N–H and O–H groups in total. The van der Waals surface area contributed by atoms with Gasteiger partial charge in [-0.25, -0.2) is 0 Å². The van der Waals surface area contributed by atoms with Crippen LogP contribution < -0.4 is 5.32 Å². The second-order valence-corrected chi connectivity index (χ2v) is 5.85. The molecule has 116 valence electrons. The Kier molecular flexibility index (Phi) is 5.39. The Bertz CT molecular complexity index is 516. The molecule has 0 amide bonds. The van der Waals surface area contributed by atoms with E-state index in [0.717, 1.165) is 50.5 Å². The summed E-state index contributed by atoms with van der Waals surface area (Å²) in [5.74, 6) is 0. The lowest BCUT2D eigenvalue weighted by Crippen LogP contribution is -2.45. The molecule has 7 heteroatoms. The summed E-state index contributed by atoms with van der Waals surface area (Å²) in [6.07, 6.45) is 0. The van der Waals surface area contributed by atoms with Crippen LogP contribution in [0.15, 0.2) is 12.1 Å². The van der Waals surface area contributed by atoms with Crippen LogP contribution in [0.2, 0.25) is 5.02 Å². The zero-order chi connectivity index (χ0) is 15.4. The van der Waals surface area contributed by atoms with Crippen LogP contribution >= 0.6 is 11.6 Å². The van der Waals surface area contributed by atoms with E-state index in [1.165, 1.54) is 6.07 Å². The van der Waals surface area contributed by atoms with Gasteiger partial charge in [-0.3, -0.25) is 15.0 Å². The van der Waals surface area contributed by atoms with Gasteiger partial charge in [0.1, 0.15) is 5.02 Å². The smallest absolute Gasteiger partial charge is 0.288 e. The van der Waals surface area contributed by atoms with E-state index in [1.54, 1.807) is 6.07 Å². The Labute approximate surface area is 129 Å². The number of nitrogens with one attached hydrogen (secondary N) is 1. The third-order valence-electron chi connectivity index (χ3n) is 3.83. The van der Waals surface area contributed by atoms with Crippen LogP contribution in [0.5, 0.6) is 0 Å². The van der Waals surface area contributed by atoms with Gasteiger partial charge in [0.05, 0.1) is 4.92 Å². The Hall–Kier alpha value is -1.37. The molecular formula is C14H21ClN4O2. The maximum Gasteiger partial charge on any atom is 0.288 e. The maximum absolute atomic E-state index is 10.8. The van der Waals surface area contributed by atoms with Gasteiger partial charge in [0, 0.05) is 51.0 Å². The van der Waals surface area contributed by atoms with Crippen LogP contribution in [0, 0.1) is 17.0 Å². The van der Waals surface area contributed by atoms with Gasteiger partial charge >= 0.3 is 0 Å². The number of nitro benzene ring substituents is 1. The normalized spacial score (nSPS) is 16.9. The molecule has 0 spiro atoms. The predicted molar refractivity (Wildman–Crippen MR) is 85.3 cm³/mol. The first-order chi connectivity index (χ1) is 9.97. The van der Waals surface area contributed by atoms with Gasteiger partial charge in [-0.15, -0.1) is 0 Å². The maximum atomic E-state index is 10.8. The largest absolute Gasteiger partial charge is 0.383 e. The van der Waals surface area contributed by atoms with Crippen molar-refractivity contribution < 1.29 is 4.92 Å². The van der Waals surface area contributed by atoms with Crippen LogP contribution in [0.4, 0.5) is 11.4 Å². The fourth-order valence-electron chi connectivity index (χ4n) is 2.42. The number of benzene rings is 1. The van der Waals surface area contributed by atoms with E-state index >= 15 is 0 Å². The van der Waals surface area contributed by atoms with Crippen molar-refractivity contribution in [1.29, 1.82) is 0 Å². The summed E-state index contributed by atoms with van der Waals surface area (Å²) in [6, 6.07) is 3.15. The molecule has 1 aliphatic rings. The molecular weight excluding hydrogens is 292 g/mol. The summed E-state index contributed by atoms with van der Waals surface area (Å²) >= 11 is 5.94. The minimum absolute atomic E-state index is 0.0428. The molecule has 0 radical (unpaired) electrons. The summed E-state index contributed by atoms with van der Waals surface area (Å²) in [4.78, 5) is 15.1. The molecule has 0 aliphatic carbocycles. The quantitative estimate of drug-likeness (QED) is 0.667. The molecule has 0 unspecified atom stereocenters. The summed E-state index contributed by atoms with van der Waals surface area (Å²) in [7, 11) is 2.14. The lowest BCUT2D eigenvalue weighted by molar-refractivity contribution is -0.384. The predicted octanol–water partition coefficient (Wildman–Crippen LogP) is 2.22. The van der Waals surface area contributed by atoms with Crippen molar-refractivity contribution in [3.8, 4) is 0 Å². The summed E-state index contributed by atoms with van der Waals surface area (Å²) in [5.41, 5.74) is 1.66. The van der Waals surface area contributed by atoms with Gasteiger partial charge in [0.2, 0.25) is 0 Å². The minimum atomic E-state index is -0.455. The van der Waals surface area contributed by atoms with Crippen LogP contribution in [-0.2, 0) is 0 Å². The SMILES string of the molecule is Cc1cc([N+](=O)[O-])c(Cl)cc1NCCN1CCN(C)CC1. The van der Waals surface area contributed by atoms with Gasteiger partial charge in [-0.2, -0.15) is 0 Å². The number of aryl methyl sites for hydroxylation is 1. The van der Waals surface area contributed by atoms with E-state index in [-0.39, 0.29) is 10.7 Å². The molecule has 1 heterocycles. The zero-order valence-electron chi connectivity index (χ0n) is 12.4. The van der Waals surface area contributed by atoms with Gasteiger partial charge in [-0.05, 0) is 25.6 Å². The molecule has 1 aromatic carbocycles. The average molecular weight is 313 g/mol. The molecule has 2 rings (SSSR count). The number of rotatable bonds is 5. The number of nitrogens with zero attached hydrogens (tertiary/aromatic N) is 3. The van der Waals surface area contributed by atoms with Crippen LogP contribution in [0.25, 0.3) is 0 Å². The van der Waals surface area contributed by atoms with E-state index in [0.29, 0.717) is 0 Å². The highest BCUT2D eigenvalue weighted by atomic mass is 35.5. The second-order valence-electron chi connectivity index (χ2n) is 5.45. The highest BCUT2D eigenvalue weighted by molar-refractivity contribution is 6.33. The molecule has 0 saturated carbocycles. The monoisotopic (exact) mass is 312 g/mol. The van der Waals surface area contributed by atoms with Crippen LogP contribution in [0.3, 0.4) is 0 Å². The molecule has 1 aromatic rings. The highest BCUT2D eigenvalue weighted by Gasteiger charge is 2.16.